The summed E-state index contributed by atoms with van der Waals surface area (Å²) in [6, 6.07) is 12.5. The normalized spacial score (nSPS) is 15.9. The Morgan fingerprint density at radius 3 is 2.81 bits per heavy atom. The van der Waals surface area contributed by atoms with Crippen LogP contribution in [-0.2, 0) is 0 Å². The molecule has 0 spiro atoms. The number of fused-ring (bicyclic) bond motifs is 1. The van der Waals surface area contributed by atoms with Crippen LogP contribution >= 0.6 is 0 Å². The molecule has 4 nitrogen and oxygen atoms in total. The van der Waals surface area contributed by atoms with Crippen molar-refractivity contribution < 1.29 is 0 Å². The van der Waals surface area contributed by atoms with E-state index in [1.165, 1.54) is 12.8 Å². The van der Waals surface area contributed by atoms with E-state index in [0.29, 0.717) is 11.7 Å². The number of hydrogen-bond acceptors (Lipinski definition) is 4. The molecular formula is C17H20N4. The molecule has 0 aliphatic heterocycles. The smallest absolute Gasteiger partial charge is 0.143 e. The van der Waals surface area contributed by atoms with Gasteiger partial charge in [0.25, 0.3) is 0 Å². The molecule has 1 aromatic carbocycles. The van der Waals surface area contributed by atoms with Crippen molar-refractivity contribution in [1.29, 1.82) is 5.26 Å². The Hall–Kier alpha value is -2.12. The van der Waals surface area contributed by atoms with Gasteiger partial charge in [0.1, 0.15) is 11.8 Å². The highest BCUT2D eigenvalue weighted by Crippen LogP contribution is 2.35. The lowest BCUT2D eigenvalue weighted by Crippen LogP contribution is -2.36. The van der Waals surface area contributed by atoms with E-state index in [-0.39, 0.29) is 0 Å². The molecule has 2 aromatic rings. The number of nitriles is 1. The van der Waals surface area contributed by atoms with Crippen LogP contribution in [0.3, 0.4) is 0 Å². The molecule has 1 atom stereocenters. The number of hydrogen-bond donors (Lipinski definition) is 1. The van der Waals surface area contributed by atoms with Gasteiger partial charge in [0, 0.05) is 23.7 Å². The van der Waals surface area contributed by atoms with Crippen LogP contribution in [0.4, 0.5) is 5.69 Å². The van der Waals surface area contributed by atoms with E-state index in [1.807, 2.05) is 30.3 Å². The molecule has 0 saturated heterocycles. The number of pyridine rings is 1. The second-order valence-electron chi connectivity index (χ2n) is 5.93. The van der Waals surface area contributed by atoms with Gasteiger partial charge in [-0.1, -0.05) is 18.2 Å². The minimum atomic E-state index is 0.462. The predicted octanol–water partition coefficient (Wildman–Crippen LogP) is 2.86. The molecule has 108 valence electrons. The van der Waals surface area contributed by atoms with E-state index in [1.54, 1.807) is 0 Å². The number of nitrogens with zero attached hydrogens (tertiary/aromatic N) is 3. The number of rotatable bonds is 5. The Morgan fingerprint density at radius 1 is 1.38 bits per heavy atom. The molecule has 1 N–H and O–H groups in total. The molecule has 1 saturated carbocycles. The van der Waals surface area contributed by atoms with E-state index in [2.05, 4.69) is 35.4 Å². The third kappa shape index (κ3) is 2.98. The zero-order chi connectivity index (χ0) is 14.8. The molecule has 1 aliphatic carbocycles. The monoisotopic (exact) mass is 280 g/mol. The molecule has 1 aliphatic rings. The summed E-state index contributed by atoms with van der Waals surface area (Å²) in [5.41, 5.74) is 2.33. The van der Waals surface area contributed by atoms with Gasteiger partial charge in [-0.15, -0.1) is 0 Å². The van der Waals surface area contributed by atoms with Crippen molar-refractivity contribution in [2.75, 3.05) is 26.0 Å². The topological polar surface area (TPSA) is 52.0 Å². The molecule has 1 unspecified atom stereocenters. The van der Waals surface area contributed by atoms with Crippen LogP contribution in [0.15, 0.2) is 30.3 Å². The highest BCUT2D eigenvalue weighted by molar-refractivity contribution is 5.91. The first-order chi connectivity index (χ1) is 10.2. The number of benzene rings is 1. The predicted molar refractivity (Wildman–Crippen MR) is 85.1 cm³/mol. The van der Waals surface area contributed by atoms with Crippen molar-refractivity contribution in [2.24, 2.45) is 5.92 Å². The lowest BCUT2D eigenvalue weighted by molar-refractivity contribution is 0.276. The molecule has 0 bridgehead atoms. The van der Waals surface area contributed by atoms with E-state index in [9.17, 15) is 0 Å². The number of anilines is 1. The van der Waals surface area contributed by atoms with Gasteiger partial charge in [-0.2, -0.15) is 5.26 Å². The van der Waals surface area contributed by atoms with Gasteiger partial charge in [0.05, 0.1) is 5.52 Å². The zero-order valence-electron chi connectivity index (χ0n) is 12.5. The van der Waals surface area contributed by atoms with Crippen LogP contribution in [0.2, 0.25) is 0 Å². The van der Waals surface area contributed by atoms with Gasteiger partial charge in [-0.05, 0) is 45.0 Å². The highest BCUT2D eigenvalue weighted by Gasteiger charge is 2.32. The molecule has 4 heteroatoms. The summed E-state index contributed by atoms with van der Waals surface area (Å²) in [7, 11) is 4.27. The van der Waals surface area contributed by atoms with Crippen LogP contribution < -0.4 is 5.32 Å². The minimum absolute atomic E-state index is 0.462. The third-order valence-electron chi connectivity index (χ3n) is 4.16. The van der Waals surface area contributed by atoms with Crippen molar-refractivity contribution in [2.45, 2.75) is 18.9 Å². The Kier molecular flexibility index (Phi) is 3.76. The van der Waals surface area contributed by atoms with Gasteiger partial charge >= 0.3 is 0 Å². The van der Waals surface area contributed by atoms with Gasteiger partial charge in [0.15, 0.2) is 0 Å². The summed E-state index contributed by atoms with van der Waals surface area (Å²) in [6.07, 6.45) is 2.65. The molecule has 1 aromatic heterocycles. The standard InChI is InChI=1S/C17H20N4/c1-21(2)17(12-7-8-12)11-19-16-9-13(10-18)20-15-6-4-3-5-14(15)16/h3-6,9,12,17H,7-8,11H2,1-2H3,(H,19,20). The quantitative estimate of drug-likeness (QED) is 0.915. The lowest BCUT2D eigenvalue weighted by atomic mass is 10.1. The summed E-state index contributed by atoms with van der Waals surface area (Å²) < 4.78 is 0. The first-order valence-corrected chi connectivity index (χ1v) is 7.39. The van der Waals surface area contributed by atoms with Crippen LogP contribution in [0.5, 0.6) is 0 Å². The SMILES string of the molecule is CN(C)C(CNc1cc(C#N)nc2ccccc12)C1CC1. The molecule has 1 heterocycles. The fourth-order valence-electron chi connectivity index (χ4n) is 2.85. The molecule has 1 fully saturated rings. The molecule has 21 heavy (non-hydrogen) atoms. The van der Waals surface area contributed by atoms with Crippen molar-refractivity contribution in [1.82, 2.24) is 9.88 Å². The Morgan fingerprint density at radius 2 is 2.14 bits per heavy atom. The van der Waals surface area contributed by atoms with Crippen molar-refractivity contribution in [3.63, 3.8) is 0 Å². The Labute approximate surface area is 125 Å². The molecular weight excluding hydrogens is 260 g/mol. The first kappa shape index (κ1) is 13.8. The Balaban J connectivity index is 1.87. The third-order valence-corrected chi connectivity index (χ3v) is 4.16. The first-order valence-electron chi connectivity index (χ1n) is 7.39. The summed E-state index contributed by atoms with van der Waals surface area (Å²) in [6.45, 7) is 0.899. The van der Waals surface area contributed by atoms with E-state index < -0.39 is 0 Å². The summed E-state index contributed by atoms with van der Waals surface area (Å²) in [5, 5.41) is 13.7. The summed E-state index contributed by atoms with van der Waals surface area (Å²) in [5.74, 6) is 0.802. The summed E-state index contributed by atoms with van der Waals surface area (Å²) in [4.78, 5) is 6.64. The van der Waals surface area contributed by atoms with Crippen molar-refractivity contribution >= 4 is 16.6 Å². The average molecular weight is 280 g/mol. The maximum atomic E-state index is 9.14. The van der Waals surface area contributed by atoms with E-state index in [0.717, 1.165) is 29.1 Å². The number of aromatic nitrogens is 1. The molecule has 0 amide bonds. The number of likely N-dealkylation sites (N-methyl/N-ethyl adjacent to an activating group) is 1. The minimum Gasteiger partial charge on any atom is -0.383 e. The second kappa shape index (κ2) is 5.71. The highest BCUT2D eigenvalue weighted by atomic mass is 15.1. The number of para-hydroxylation sites is 1. The largest absolute Gasteiger partial charge is 0.383 e. The fourth-order valence-corrected chi connectivity index (χ4v) is 2.85. The summed E-state index contributed by atoms with van der Waals surface area (Å²) >= 11 is 0. The van der Waals surface area contributed by atoms with Gasteiger partial charge in [0.2, 0.25) is 0 Å². The fraction of sp³-hybridized carbons (Fsp3) is 0.412. The maximum absolute atomic E-state index is 9.14. The average Bonchev–Trinajstić information content (AvgIpc) is 3.31. The molecule has 3 rings (SSSR count). The van der Waals surface area contributed by atoms with Crippen LogP contribution in [-0.4, -0.2) is 36.6 Å². The number of nitrogens with one attached hydrogen (secondary N) is 1. The van der Waals surface area contributed by atoms with Crippen molar-refractivity contribution in [3.05, 3.63) is 36.0 Å². The van der Waals surface area contributed by atoms with Crippen LogP contribution in [0.25, 0.3) is 10.9 Å². The van der Waals surface area contributed by atoms with Crippen LogP contribution in [0, 0.1) is 17.2 Å². The maximum Gasteiger partial charge on any atom is 0.143 e. The van der Waals surface area contributed by atoms with Crippen LogP contribution in [0.1, 0.15) is 18.5 Å². The molecule has 0 radical (unpaired) electrons. The van der Waals surface area contributed by atoms with Gasteiger partial charge in [-0.25, -0.2) is 4.98 Å². The lowest BCUT2D eigenvalue weighted by Gasteiger charge is -2.25. The van der Waals surface area contributed by atoms with Gasteiger partial charge < -0.3 is 10.2 Å². The second-order valence-corrected chi connectivity index (χ2v) is 5.93. The van der Waals surface area contributed by atoms with E-state index in [4.69, 9.17) is 5.26 Å². The van der Waals surface area contributed by atoms with Gasteiger partial charge in [-0.3, -0.25) is 0 Å². The Bertz CT molecular complexity index is 681. The van der Waals surface area contributed by atoms with E-state index >= 15 is 0 Å². The van der Waals surface area contributed by atoms with Crippen molar-refractivity contribution in [3.8, 4) is 6.07 Å². The zero-order valence-corrected chi connectivity index (χ0v) is 12.5.